The van der Waals surface area contributed by atoms with Crippen LogP contribution >= 0.6 is 46.4 Å². The number of halogens is 4. The number of hydrogen-bond donors (Lipinski definition) is 0. The van der Waals surface area contributed by atoms with E-state index in [0.717, 1.165) is 11.1 Å². The standard InChI is InChI=1S/C12H14Cl4/c1-11(15,7-13)9-3-5-10(6-4-9)12(2,16)8-14/h3-6H,7-8H2,1-2H3. The minimum atomic E-state index is -0.538. The summed E-state index contributed by atoms with van der Waals surface area (Å²) in [5, 5.41) is 0. The fourth-order valence-electron chi connectivity index (χ4n) is 1.32. The van der Waals surface area contributed by atoms with Crippen molar-refractivity contribution >= 4 is 46.4 Å². The van der Waals surface area contributed by atoms with Crippen molar-refractivity contribution in [3.63, 3.8) is 0 Å². The molecule has 0 saturated heterocycles. The molecule has 0 N–H and O–H groups in total. The summed E-state index contributed by atoms with van der Waals surface area (Å²) in [6, 6.07) is 7.77. The minimum Gasteiger partial charge on any atom is -0.124 e. The molecular formula is C12H14Cl4. The summed E-state index contributed by atoms with van der Waals surface area (Å²) in [5.41, 5.74) is 1.96. The second kappa shape index (κ2) is 5.35. The van der Waals surface area contributed by atoms with Gasteiger partial charge in [-0.2, -0.15) is 0 Å². The maximum atomic E-state index is 6.26. The number of hydrogen-bond acceptors (Lipinski definition) is 0. The summed E-state index contributed by atoms with van der Waals surface area (Å²) < 4.78 is 0. The molecule has 1 rings (SSSR count). The molecule has 0 spiro atoms. The van der Waals surface area contributed by atoms with Crippen LogP contribution in [0, 0.1) is 0 Å². The van der Waals surface area contributed by atoms with Crippen LogP contribution < -0.4 is 0 Å². The maximum absolute atomic E-state index is 6.26. The topological polar surface area (TPSA) is 0 Å². The first kappa shape index (κ1) is 14.4. The van der Waals surface area contributed by atoms with E-state index in [0.29, 0.717) is 11.8 Å². The lowest BCUT2D eigenvalue weighted by atomic mass is 9.96. The fourth-order valence-corrected chi connectivity index (χ4v) is 1.88. The highest BCUT2D eigenvalue weighted by Gasteiger charge is 2.25. The predicted octanol–water partition coefficient (Wildman–Crippen LogP) is 5.07. The largest absolute Gasteiger partial charge is 0.124 e. The summed E-state index contributed by atoms with van der Waals surface area (Å²) in [6.07, 6.45) is 0. The van der Waals surface area contributed by atoms with Crippen molar-refractivity contribution in [1.82, 2.24) is 0 Å². The van der Waals surface area contributed by atoms with E-state index in [2.05, 4.69) is 0 Å². The van der Waals surface area contributed by atoms with Gasteiger partial charge in [0.05, 0.1) is 9.75 Å². The monoisotopic (exact) mass is 298 g/mol. The first-order valence-electron chi connectivity index (χ1n) is 4.94. The Morgan fingerprint density at radius 3 is 1.25 bits per heavy atom. The van der Waals surface area contributed by atoms with E-state index in [9.17, 15) is 0 Å². The van der Waals surface area contributed by atoms with Crippen LogP contribution in [0.5, 0.6) is 0 Å². The highest BCUT2D eigenvalue weighted by molar-refractivity contribution is 6.31. The van der Waals surface area contributed by atoms with E-state index in [4.69, 9.17) is 46.4 Å². The van der Waals surface area contributed by atoms with Crippen molar-refractivity contribution in [2.24, 2.45) is 0 Å². The van der Waals surface area contributed by atoms with E-state index < -0.39 is 9.75 Å². The molecule has 1 aromatic carbocycles. The first-order valence-corrected chi connectivity index (χ1v) is 6.77. The third-order valence-corrected chi connectivity index (χ3v) is 4.64. The van der Waals surface area contributed by atoms with E-state index in [1.807, 2.05) is 38.1 Å². The zero-order chi connectivity index (χ0) is 12.4. The van der Waals surface area contributed by atoms with Gasteiger partial charge in [0.1, 0.15) is 0 Å². The molecule has 0 amide bonds. The molecule has 0 aliphatic rings. The van der Waals surface area contributed by atoms with Crippen LogP contribution in [-0.2, 0) is 9.75 Å². The number of benzene rings is 1. The van der Waals surface area contributed by atoms with Gasteiger partial charge in [0.2, 0.25) is 0 Å². The third-order valence-electron chi connectivity index (χ3n) is 2.59. The molecule has 0 fully saturated rings. The summed E-state index contributed by atoms with van der Waals surface area (Å²) in [4.78, 5) is -1.08. The molecule has 0 heterocycles. The van der Waals surface area contributed by atoms with Crippen LogP contribution in [0.3, 0.4) is 0 Å². The summed E-state index contributed by atoms with van der Waals surface area (Å²) >= 11 is 24.1. The van der Waals surface area contributed by atoms with Gasteiger partial charge in [-0.1, -0.05) is 24.3 Å². The molecular weight excluding hydrogens is 286 g/mol. The third kappa shape index (κ3) is 3.20. The molecule has 0 radical (unpaired) electrons. The average Bonchev–Trinajstić information content (AvgIpc) is 2.29. The predicted molar refractivity (Wildman–Crippen MR) is 74.3 cm³/mol. The normalized spacial score (nSPS) is 18.9. The van der Waals surface area contributed by atoms with Gasteiger partial charge >= 0.3 is 0 Å². The van der Waals surface area contributed by atoms with Crippen molar-refractivity contribution in [2.45, 2.75) is 23.6 Å². The molecule has 0 nitrogen and oxygen atoms in total. The molecule has 1 aromatic rings. The molecule has 0 aliphatic heterocycles. The van der Waals surface area contributed by atoms with Crippen LogP contribution in [0.4, 0.5) is 0 Å². The van der Waals surface area contributed by atoms with Gasteiger partial charge < -0.3 is 0 Å². The Bertz CT molecular complexity index is 306. The first-order chi connectivity index (χ1) is 7.33. The Kier molecular flexibility index (Phi) is 4.83. The van der Waals surface area contributed by atoms with Crippen LogP contribution in [0.25, 0.3) is 0 Å². The van der Waals surface area contributed by atoms with Gasteiger partial charge in [-0.25, -0.2) is 0 Å². The second-order valence-electron chi connectivity index (χ2n) is 4.24. The van der Waals surface area contributed by atoms with Gasteiger partial charge in [0.25, 0.3) is 0 Å². The zero-order valence-corrected chi connectivity index (χ0v) is 12.3. The van der Waals surface area contributed by atoms with Crippen LogP contribution in [0.2, 0.25) is 0 Å². The Hall–Kier alpha value is 0.380. The second-order valence-corrected chi connectivity index (χ2v) is 6.44. The Morgan fingerprint density at radius 1 is 0.812 bits per heavy atom. The Morgan fingerprint density at radius 2 is 1.06 bits per heavy atom. The summed E-state index contributed by atoms with van der Waals surface area (Å²) in [7, 11) is 0. The van der Waals surface area contributed by atoms with Gasteiger partial charge in [-0.05, 0) is 25.0 Å². The van der Waals surface area contributed by atoms with Crippen molar-refractivity contribution in [2.75, 3.05) is 11.8 Å². The smallest absolute Gasteiger partial charge is 0.0801 e. The molecule has 16 heavy (non-hydrogen) atoms. The number of rotatable bonds is 4. The van der Waals surface area contributed by atoms with Crippen molar-refractivity contribution < 1.29 is 0 Å². The van der Waals surface area contributed by atoms with Gasteiger partial charge in [0.15, 0.2) is 0 Å². The van der Waals surface area contributed by atoms with Crippen molar-refractivity contribution in [3.05, 3.63) is 35.4 Å². The van der Waals surface area contributed by atoms with Crippen LogP contribution in [0.1, 0.15) is 25.0 Å². The van der Waals surface area contributed by atoms with Gasteiger partial charge in [-0.15, -0.1) is 46.4 Å². The van der Waals surface area contributed by atoms with Crippen LogP contribution in [0.15, 0.2) is 24.3 Å². The van der Waals surface area contributed by atoms with Gasteiger partial charge in [-0.3, -0.25) is 0 Å². The lowest BCUT2D eigenvalue weighted by Crippen LogP contribution is -2.18. The molecule has 0 saturated carbocycles. The minimum absolute atomic E-state index is 0.363. The molecule has 0 bridgehead atoms. The molecule has 0 aliphatic carbocycles. The zero-order valence-electron chi connectivity index (χ0n) is 9.24. The highest BCUT2D eigenvalue weighted by Crippen LogP contribution is 2.34. The van der Waals surface area contributed by atoms with E-state index in [1.54, 1.807) is 0 Å². The van der Waals surface area contributed by atoms with Gasteiger partial charge in [0, 0.05) is 11.8 Å². The molecule has 2 unspecified atom stereocenters. The number of alkyl halides is 4. The lowest BCUT2D eigenvalue weighted by Gasteiger charge is -2.23. The molecule has 90 valence electrons. The Balaban J connectivity index is 3.00. The van der Waals surface area contributed by atoms with Crippen molar-refractivity contribution in [1.29, 1.82) is 0 Å². The molecule has 4 heteroatoms. The average molecular weight is 300 g/mol. The Labute approximate surface area is 117 Å². The molecule has 2 atom stereocenters. The van der Waals surface area contributed by atoms with E-state index in [-0.39, 0.29) is 0 Å². The fraction of sp³-hybridized carbons (Fsp3) is 0.500. The maximum Gasteiger partial charge on any atom is 0.0801 e. The van der Waals surface area contributed by atoms with Crippen LogP contribution in [-0.4, -0.2) is 11.8 Å². The molecule has 0 aromatic heterocycles. The SMILES string of the molecule is CC(Cl)(CCl)c1ccc(C(C)(Cl)CCl)cc1. The summed E-state index contributed by atoms with van der Waals surface area (Å²) in [6.45, 7) is 3.77. The van der Waals surface area contributed by atoms with E-state index >= 15 is 0 Å². The van der Waals surface area contributed by atoms with E-state index in [1.165, 1.54) is 0 Å². The highest BCUT2D eigenvalue weighted by atomic mass is 35.5. The lowest BCUT2D eigenvalue weighted by molar-refractivity contribution is 0.756. The summed E-state index contributed by atoms with van der Waals surface area (Å²) in [5.74, 6) is 0.725. The quantitative estimate of drug-likeness (QED) is 0.681. The van der Waals surface area contributed by atoms with Crippen molar-refractivity contribution in [3.8, 4) is 0 Å².